The number of amides is 1. The monoisotopic (exact) mass is 385 g/mol. The second-order valence-electron chi connectivity index (χ2n) is 6.39. The maximum atomic E-state index is 12.8. The summed E-state index contributed by atoms with van der Waals surface area (Å²) >= 11 is 0. The Hall–Kier alpha value is -3.35. The molecule has 144 valence electrons. The van der Waals surface area contributed by atoms with Crippen molar-refractivity contribution in [2.24, 2.45) is 0 Å². The minimum Gasteiger partial charge on any atom is -0.354 e. The molecule has 2 N–H and O–H groups in total. The summed E-state index contributed by atoms with van der Waals surface area (Å²) in [4.78, 5) is 16.5. The number of pyridine rings is 1. The van der Waals surface area contributed by atoms with E-state index in [0.29, 0.717) is 5.69 Å². The number of aryl methyl sites for hydroxylation is 2. The quantitative estimate of drug-likeness (QED) is 0.605. The van der Waals surface area contributed by atoms with E-state index in [9.17, 15) is 18.0 Å². The summed E-state index contributed by atoms with van der Waals surface area (Å²) in [7, 11) is 0. The average molecular weight is 385 g/mol. The van der Waals surface area contributed by atoms with E-state index >= 15 is 0 Å². The highest BCUT2D eigenvalue weighted by molar-refractivity contribution is 6.04. The molecule has 4 nitrogen and oxygen atoms in total. The Morgan fingerprint density at radius 1 is 0.929 bits per heavy atom. The van der Waals surface area contributed by atoms with Gasteiger partial charge in [-0.25, -0.2) is 0 Å². The zero-order chi connectivity index (χ0) is 20.3. The van der Waals surface area contributed by atoms with Crippen LogP contribution in [0, 0.1) is 13.8 Å². The highest BCUT2D eigenvalue weighted by Gasteiger charge is 2.30. The summed E-state index contributed by atoms with van der Waals surface area (Å²) in [6.45, 7) is 3.93. The number of carbonyl (C=O) groups excluding carboxylic acids is 1. The van der Waals surface area contributed by atoms with E-state index in [0.717, 1.165) is 28.9 Å². The minimum atomic E-state index is -4.47. The van der Waals surface area contributed by atoms with Crippen LogP contribution >= 0.6 is 0 Å². The smallest absolute Gasteiger partial charge is 0.354 e. The van der Waals surface area contributed by atoms with Gasteiger partial charge in [-0.1, -0.05) is 24.3 Å². The van der Waals surface area contributed by atoms with Crippen molar-refractivity contribution in [3.05, 3.63) is 83.2 Å². The summed E-state index contributed by atoms with van der Waals surface area (Å²) in [5.41, 5.74) is 3.07. The number of benzene rings is 2. The van der Waals surface area contributed by atoms with Crippen LogP contribution in [0.3, 0.4) is 0 Å². The number of alkyl halides is 3. The molecule has 0 atom stereocenters. The number of para-hydroxylation sites is 1. The third-order valence-corrected chi connectivity index (χ3v) is 4.20. The van der Waals surface area contributed by atoms with Gasteiger partial charge < -0.3 is 10.6 Å². The number of carbonyl (C=O) groups is 1. The molecule has 1 heterocycles. The van der Waals surface area contributed by atoms with Gasteiger partial charge in [0.1, 0.15) is 0 Å². The first-order chi connectivity index (χ1) is 13.2. The lowest BCUT2D eigenvalue weighted by atomic mass is 10.1. The lowest BCUT2D eigenvalue weighted by Crippen LogP contribution is -2.13. The zero-order valence-corrected chi connectivity index (χ0v) is 15.3. The van der Waals surface area contributed by atoms with E-state index in [1.54, 1.807) is 12.3 Å². The number of nitrogens with one attached hydrogen (secondary N) is 2. The molecular formula is C21H18F3N3O. The van der Waals surface area contributed by atoms with Crippen LogP contribution in [-0.2, 0) is 6.18 Å². The van der Waals surface area contributed by atoms with Gasteiger partial charge in [-0.05, 0) is 49.2 Å². The van der Waals surface area contributed by atoms with E-state index < -0.39 is 17.6 Å². The Morgan fingerprint density at radius 3 is 2.29 bits per heavy atom. The predicted molar refractivity (Wildman–Crippen MR) is 103 cm³/mol. The van der Waals surface area contributed by atoms with Gasteiger partial charge in [0.2, 0.25) is 0 Å². The highest BCUT2D eigenvalue weighted by Crippen LogP contribution is 2.31. The average Bonchev–Trinajstić information content (AvgIpc) is 2.65. The van der Waals surface area contributed by atoms with Crippen LogP contribution < -0.4 is 10.6 Å². The van der Waals surface area contributed by atoms with Crippen molar-refractivity contribution in [3.8, 4) is 0 Å². The molecule has 0 spiro atoms. The number of nitrogens with zero attached hydrogens (tertiary/aromatic N) is 1. The molecule has 0 aliphatic carbocycles. The van der Waals surface area contributed by atoms with E-state index in [-0.39, 0.29) is 11.3 Å². The summed E-state index contributed by atoms with van der Waals surface area (Å²) in [6.07, 6.45) is -1.54. The van der Waals surface area contributed by atoms with Crippen LogP contribution in [0.1, 0.15) is 27.0 Å². The van der Waals surface area contributed by atoms with Crippen LogP contribution in [0.2, 0.25) is 0 Å². The predicted octanol–water partition coefficient (Wildman–Crippen LogP) is 5.71. The van der Waals surface area contributed by atoms with E-state index in [2.05, 4.69) is 15.6 Å². The lowest BCUT2D eigenvalue weighted by molar-refractivity contribution is -0.137. The Kier molecular flexibility index (Phi) is 5.35. The standard InChI is InChI=1S/C21H18F3N3O/c1-13-5-3-6-14(2)19(13)26-18-9-15(11-25-12-18)20(28)27-17-8-4-7-16(10-17)21(22,23)24/h3-12,26H,1-2H3,(H,27,28). The van der Waals surface area contributed by atoms with Gasteiger partial charge >= 0.3 is 6.18 Å². The Morgan fingerprint density at radius 2 is 1.61 bits per heavy atom. The maximum absolute atomic E-state index is 12.8. The molecule has 7 heteroatoms. The van der Waals surface area contributed by atoms with Gasteiger partial charge in [-0.15, -0.1) is 0 Å². The molecule has 28 heavy (non-hydrogen) atoms. The molecular weight excluding hydrogens is 367 g/mol. The van der Waals surface area contributed by atoms with Crippen molar-refractivity contribution in [1.29, 1.82) is 0 Å². The number of halogens is 3. The van der Waals surface area contributed by atoms with E-state index in [1.165, 1.54) is 18.3 Å². The third-order valence-electron chi connectivity index (χ3n) is 4.20. The molecule has 0 bridgehead atoms. The first-order valence-corrected chi connectivity index (χ1v) is 8.51. The van der Waals surface area contributed by atoms with Crippen LogP contribution in [0.4, 0.5) is 30.2 Å². The molecule has 1 amide bonds. The van der Waals surface area contributed by atoms with E-state index in [4.69, 9.17) is 0 Å². The Bertz CT molecular complexity index is 996. The van der Waals surface area contributed by atoms with Crippen molar-refractivity contribution in [2.45, 2.75) is 20.0 Å². The van der Waals surface area contributed by atoms with Crippen LogP contribution in [-0.4, -0.2) is 10.9 Å². The molecule has 0 aliphatic heterocycles. The molecule has 0 unspecified atom stereocenters. The fourth-order valence-corrected chi connectivity index (χ4v) is 2.76. The first kappa shape index (κ1) is 19.4. The summed E-state index contributed by atoms with van der Waals surface area (Å²) in [6, 6.07) is 12.0. The number of hydrogen-bond acceptors (Lipinski definition) is 3. The number of hydrogen-bond donors (Lipinski definition) is 2. The van der Waals surface area contributed by atoms with Gasteiger partial charge in [0.05, 0.1) is 23.0 Å². The fraction of sp³-hybridized carbons (Fsp3) is 0.143. The summed E-state index contributed by atoms with van der Waals surface area (Å²) < 4.78 is 38.5. The number of aromatic nitrogens is 1. The minimum absolute atomic E-state index is 0.0629. The summed E-state index contributed by atoms with van der Waals surface area (Å²) in [5.74, 6) is -0.544. The maximum Gasteiger partial charge on any atom is 0.416 e. The second-order valence-corrected chi connectivity index (χ2v) is 6.39. The number of rotatable bonds is 4. The molecule has 0 radical (unpaired) electrons. The molecule has 3 rings (SSSR count). The number of anilines is 3. The van der Waals surface area contributed by atoms with Crippen molar-refractivity contribution >= 4 is 23.0 Å². The molecule has 1 aromatic heterocycles. The normalized spacial score (nSPS) is 11.2. The van der Waals surface area contributed by atoms with Gasteiger partial charge in [0, 0.05) is 17.6 Å². The fourth-order valence-electron chi connectivity index (χ4n) is 2.76. The Balaban J connectivity index is 1.80. The van der Waals surface area contributed by atoms with Gasteiger partial charge in [0.25, 0.3) is 5.91 Å². The largest absolute Gasteiger partial charge is 0.416 e. The van der Waals surface area contributed by atoms with Crippen LogP contribution in [0.5, 0.6) is 0 Å². The molecule has 0 fully saturated rings. The lowest BCUT2D eigenvalue weighted by Gasteiger charge is -2.13. The summed E-state index contributed by atoms with van der Waals surface area (Å²) in [5, 5.41) is 5.72. The topological polar surface area (TPSA) is 54.0 Å². The highest BCUT2D eigenvalue weighted by atomic mass is 19.4. The third kappa shape index (κ3) is 4.49. The first-order valence-electron chi connectivity index (χ1n) is 8.51. The molecule has 0 aliphatic rings. The second kappa shape index (κ2) is 7.72. The van der Waals surface area contributed by atoms with Crippen molar-refractivity contribution < 1.29 is 18.0 Å². The molecule has 3 aromatic rings. The van der Waals surface area contributed by atoms with Crippen LogP contribution in [0.15, 0.2) is 60.9 Å². The SMILES string of the molecule is Cc1cccc(C)c1Nc1cncc(C(=O)Nc2cccc(C(F)(F)F)c2)c1. The molecule has 0 saturated carbocycles. The zero-order valence-electron chi connectivity index (χ0n) is 15.3. The molecule has 0 saturated heterocycles. The van der Waals surface area contributed by atoms with Gasteiger partial charge in [-0.3, -0.25) is 9.78 Å². The van der Waals surface area contributed by atoms with Gasteiger partial charge in [0.15, 0.2) is 0 Å². The van der Waals surface area contributed by atoms with E-state index in [1.807, 2.05) is 32.0 Å². The van der Waals surface area contributed by atoms with Crippen molar-refractivity contribution in [1.82, 2.24) is 4.98 Å². The van der Waals surface area contributed by atoms with Crippen LogP contribution in [0.25, 0.3) is 0 Å². The molecule has 2 aromatic carbocycles. The van der Waals surface area contributed by atoms with Crippen molar-refractivity contribution in [2.75, 3.05) is 10.6 Å². The van der Waals surface area contributed by atoms with Crippen molar-refractivity contribution in [3.63, 3.8) is 0 Å². The van der Waals surface area contributed by atoms with Gasteiger partial charge in [-0.2, -0.15) is 13.2 Å². The Labute approximate surface area is 160 Å².